The molecule has 2 fully saturated rings. The van der Waals surface area contributed by atoms with E-state index in [0.29, 0.717) is 12.3 Å². The number of allylic oxidation sites excluding steroid dienone is 1. The van der Waals surface area contributed by atoms with Crippen molar-refractivity contribution in [3.8, 4) is 0 Å². The molecule has 0 amide bonds. The molecule has 0 radical (unpaired) electrons. The van der Waals surface area contributed by atoms with E-state index in [9.17, 15) is 4.79 Å². The van der Waals surface area contributed by atoms with Gasteiger partial charge in [-0.2, -0.15) is 0 Å². The first kappa shape index (κ1) is 8.51. The normalized spacial score (nSPS) is 39.3. The molecule has 4 rings (SSSR count). The number of rotatable bonds is 2. The summed E-state index contributed by atoms with van der Waals surface area (Å²) < 4.78 is 0. The minimum atomic E-state index is -0.639. The monoisotopic (exact) mass is 192 g/mol. The highest BCUT2D eigenvalue weighted by Crippen LogP contribution is 2.54. The lowest BCUT2D eigenvalue weighted by atomic mass is 9.58. The van der Waals surface area contributed by atoms with Gasteiger partial charge in [-0.1, -0.05) is 11.1 Å². The van der Waals surface area contributed by atoms with Gasteiger partial charge in [0.25, 0.3) is 0 Å². The Morgan fingerprint density at radius 2 is 1.86 bits per heavy atom. The number of carboxylic acids is 1. The van der Waals surface area contributed by atoms with E-state index < -0.39 is 5.97 Å². The lowest BCUT2D eigenvalue weighted by molar-refractivity contribution is -0.136. The van der Waals surface area contributed by atoms with Crippen LogP contribution in [0.15, 0.2) is 11.1 Å². The maximum absolute atomic E-state index is 10.8. The molecule has 2 nitrogen and oxygen atoms in total. The number of hydrogen-bond acceptors (Lipinski definition) is 1. The van der Waals surface area contributed by atoms with Crippen LogP contribution in [0.25, 0.3) is 0 Å². The molecular formula is C12H16O2. The van der Waals surface area contributed by atoms with Crippen molar-refractivity contribution in [1.82, 2.24) is 0 Å². The van der Waals surface area contributed by atoms with Crippen LogP contribution in [-0.4, -0.2) is 11.1 Å². The molecule has 2 saturated carbocycles. The van der Waals surface area contributed by atoms with Crippen molar-refractivity contribution >= 4 is 5.97 Å². The topological polar surface area (TPSA) is 37.3 Å². The summed E-state index contributed by atoms with van der Waals surface area (Å²) in [5.74, 6) is 1.81. The van der Waals surface area contributed by atoms with E-state index in [1.807, 2.05) is 0 Å². The third kappa shape index (κ3) is 1.20. The van der Waals surface area contributed by atoms with Gasteiger partial charge < -0.3 is 5.11 Å². The van der Waals surface area contributed by atoms with Crippen LogP contribution < -0.4 is 0 Å². The molecule has 4 bridgehead atoms. The fourth-order valence-electron chi connectivity index (χ4n) is 3.95. The van der Waals surface area contributed by atoms with E-state index >= 15 is 0 Å². The van der Waals surface area contributed by atoms with Crippen molar-refractivity contribution in [3.63, 3.8) is 0 Å². The smallest absolute Gasteiger partial charge is 0.307 e. The van der Waals surface area contributed by atoms with Crippen LogP contribution in [0.4, 0.5) is 0 Å². The highest BCUT2D eigenvalue weighted by molar-refractivity contribution is 5.70. The Hall–Kier alpha value is -0.790. The second-order valence-corrected chi connectivity index (χ2v) is 5.24. The lowest BCUT2D eigenvalue weighted by Crippen LogP contribution is -2.35. The Morgan fingerprint density at radius 3 is 2.36 bits per heavy atom. The van der Waals surface area contributed by atoms with Crippen molar-refractivity contribution in [2.24, 2.45) is 17.8 Å². The molecule has 0 spiro atoms. The highest BCUT2D eigenvalue weighted by atomic mass is 16.4. The van der Waals surface area contributed by atoms with E-state index in [-0.39, 0.29) is 0 Å². The summed E-state index contributed by atoms with van der Waals surface area (Å²) in [4.78, 5) is 10.8. The summed E-state index contributed by atoms with van der Waals surface area (Å²) in [6, 6.07) is 0. The van der Waals surface area contributed by atoms with Gasteiger partial charge in [-0.25, -0.2) is 0 Å². The molecule has 4 aliphatic rings. The van der Waals surface area contributed by atoms with Gasteiger partial charge in [-0.05, 0) is 49.9 Å². The minimum absolute atomic E-state index is 0.319. The average molecular weight is 192 g/mol. The molecule has 0 aliphatic heterocycles. The molecule has 1 N–H and O–H groups in total. The van der Waals surface area contributed by atoms with Crippen LogP contribution in [-0.2, 0) is 4.79 Å². The molecule has 2 atom stereocenters. The molecule has 14 heavy (non-hydrogen) atoms. The van der Waals surface area contributed by atoms with Crippen molar-refractivity contribution < 1.29 is 9.90 Å². The fraction of sp³-hybridized carbons (Fsp3) is 0.750. The number of carboxylic acid groups (broad SMARTS) is 1. The maximum atomic E-state index is 10.8. The molecule has 0 aromatic rings. The minimum Gasteiger partial charge on any atom is -0.481 e. The van der Waals surface area contributed by atoms with Crippen LogP contribution in [0.5, 0.6) is 0 Å². The van der Waals surface area contributed by atoms with Gasteiger partial charge >= 0.3 is 5.97 Å². The Labute approximate surface area is 84.0 Å². The van der Waals surface area contributed by atoms with Gasteiger partial charge in [-0.3, -0.25) is 4.79 Å². The number of hydrogen-bond donors (Lipinski definition) is 1. The molecular weight excluding hydrogens is 176 g/mol. The first-order valence-electron chi connectivity index (χ1n) is 5.65. The average Bonchev–Trinajstić information content (AvgIpc) is 2.09. The Morgan fingerprint density at radius 1 is 1.21 bits per heavy atom. The van der Waals surface area contributed by atoms with Crippen LogP contribution in [0.1, 0.15) is 38.5 Å². The zero-order valence-corrected chi connectivity index (χ0v) is 8.33. The molecule has 0 aromatic heterocycles. The number of carbonyl (C=O) groups is 1. The van der Waals surface area contributed by atoms with Gasteiger partial charge in [0.1, 0.15) is 0 Å². The Balaban J connectivity index is 1.92. The third-order valence-electron chi connectivity index (χ3n) is 4.26. The van der Waals surface area contributed by atoms with Crippen LogP contribution >= 0.6 is 0 Å². The van der Waals surface area contributed by atoms with Gasteiger partial charge in [0.2, 0.25) is 0 Å². The molecule has 0 heterocycles. The lowest BCUT2D eigenvalue weighted by Gasteiger charge is -2.47. The van der Waals surface area contributed by atoms with Gasteiger partial charge in [0.05, 0.1) is 6.42 Å². The number of aliphatic carboxylic acids is 1. The van der Waals surface area contributed by atoms with Crippen molar-refractivity contribution in [2.75, 3.05) is 0 Å². The quantitative estimate of drug-likeness (QED) is 0.683. The van der Waals surface area contributed by atoms with Crippen LogP contribution in [0.3, 0.4) is 0 Å². The maximum Gasteiger partial charge on any atom is 0.307 e. The SMILES string of the molecule is O=C(O)CC1=C2CC3CC(C2)CC1C3. The Kier molecular flexibility index (Phi) is 1.73. The predicted molar refractivity (Wildman–Crippen MR) is 52.8 cm³/mol. The van der Waals surface area contributed by atoms with Crippen molar-refractivity contribution in [1.29, 1.82) is 0 Å². The van der Waals surface area contributed by atoms with E-state index in [1.165, 1.54) is 43.3 Å². The van der Waals surface area contributed by atoms with Gasteiger partial charge in [-0.15, -0.1) is 0 Å². The first-order chi connectivity index (χ1) is 6.72. The summed E-state index contributed by atoms with van der Waals surface area (Å²) in [6.45, 7) is 0. The molecule has 0 saturated heterocycles. The fourth-order valence-corrected chi connectivity index (χ4v) is 3.95. The largest absolute Gasteiger partial charge is 0.481 e. The molecule has 2 heteroatoms. The zero-order chi connectivity index (χ0) is 9.71. The summed E-state index contributed by atoms with van der Waals surface area (Å²) in [5, 5.41) is 8.86. The first-order valence-corrected chi connectivity index (χ1v) is 5.65. The standard InChI is InChI=1S/C12H16O2/c13-12(14)6-11-9-2-7-1-8(4-9)5-10(11)3-7/h7-9H,1-6H2,(H,13,14). The second kappa shape index (κ2) is 2.85. The highest BCUT2D eigenvalue weighted by Gasteiger charge is 2.41. The van der Waals surface area contributed by atoms with Crippen molar-refractivity contribution in [2.45, 2.75) is 38.5 Å². The van der Waals surface area contributed by atoms with Crippen LogP contribution in [0.2, 0.25) is 0 Å². The van der Waals surface area contributed by atoms with E-state index in [1.54, 1.807) is 0 Å². The summed E-state index contributed by atoms with van der Waals surface area (Å²) in [7, 11) is 0. The van der Waals surface area contributed by atoms with Crippen LogP contribution in [0, 0.1) is 17.8 Å². The van der Waals surface area contributed by atoms with E-state index in [4.69, 9.17) is 5.11 Å². The van der Waals surface area contributed by atoms with Gasteiger partial charge in [0.15, 0.2) is 0 Å². The summed E-state index contributed by atoms with van der Waals surface area (Å²) >= 11 is 0. The Bertz CT molecular complexity index is 300. The summed E-state index contributed by atoms with van der Waals surface area (Å²) in [6.07, 6.45) is 6.73. The second-order valence-electron chi connectivity index (χ2n) is 5.24. The summed E-state index contributed by atoms with van der Waals surface area (Å²) in [5.41, 5.74) is 2.83. The zero-order valence-electron chi connectivity index (χ0n) is 8.33. The molecule has 4 aliphatic carbocycles. The third-order valence-corrected chi connectivity index (χ3v) is 4.26. The van der Waals surface area contributed by atoms with E-state index in [0.717, 1.165) is 11.8 Å². The van der Waals surface area contributed by atoms with Gasteiger partial charge in [0, 0.05) is 0 Å². The molecule has 0 aromatic carbocycles. The van der Waals surface area contributed by atoms with Crippen molar-refractivity contribution in [3.05, 3.63) is 11.1 Å². The van der Waals surface area contributed by atoms with E-state index in [2.05, 4.69) is 0 Å². The predicted octanol–water partition coefficient (Wildman–Crippen LogP) is 2.60. The molecule has 76 valence electrons. The molecule has 2 unspecified atom stereocenters.